The number of hydrogen-bond acceptors (Lipinski definition) is 4. The molecule has 0 aliphatic heterocycles. The molecule has 3 rings (SSSR count). The third-order valence-electron chi connectivity index (χ3n) is 2.89. The normalized spacial score (nSPS) is 11.3. The number of nitrogens with two attached hydrogens (primary N) is 1. The lowest BCUT2D eigenvalue weighted by molar-refractivity contribution is 0.953. The summed E-state index contributed by atoms with van der Waals surface area (Å²) in [5, 5.41) is 3.07. The number of thiazole rings is 1. The first-order chi connectivity index (χ1) is 9.17. The Balaban J connectivity index is 2.07. The van der Waals surface area contributed by atoms with Crippen LogP contribution in [0.15, 0.2) is 22.0 Å². The quantitative estimate of drug-likeness (QED) is 0.771. The maximum absolute atomic E-state index is 5.54. The van der Waals surface area contributed by atoms with Gasteiger partial charge in [-0.1, -0.05) is 15.9 Å². The third kappa shape index (κ3) is 2.43. The van der Waals surface area contributed by atoms with E-state index in [1.165, 1.54) is 0 Å². The first-order valence-electron chi connectivity index (χ1n) is 5.98. The molecule has 19 heavy (non-hydrogen) atoms. The number of benzene rings is 1. The topological polar surface area (TPSA) is 67.6 Å². The van der Waals surface area contributed by atoms with Crippen LogP contribution in [-0.2, 0) is 6.42 Å². The minimum Gasteiger partial charge on any atom is -0.337 e. The third-order valence-corrected chi connectivity index (χ3v) is 4.26. The number of aryl methyl sites for hydroxylation is 1. The Bertz CT molecular complexity index is 731. The van der Waals surface area contributed by atoms with E-state index in [2.05, 4.69) is 43.9 Å². The minimum atomic E-state index is 0.624. The van der Waals surface area contributed by atoms with Gasteiger partial charge in [-0.2, -0.15) is 0 Å². The van der Waals surface area contributed by atoms with E-state index in [4.69, 9.17) is 5.73 Å². The SMILES string of the molecule is Cc1cc(Br)cc2[nH]c(-c3csc(CCN)n3)nc12. The zero-order valence-corrected chi connectivity index (χ0v) is 12.8. The second kappa shape index (κ2) is 5.03. The molecule has 0 atom stereocenters. The largest absolute Gasteiger partial charge is 0.337 e. The van der Waals surface area contributed by atoms with Crippen LogP contribution in [0.25, 0.3) is 22.6 Å². The predicted molar refractivity (Wildman–Crippen MR) is 82.4 cm³/mol. The molecule has 0 radical (unpaired) electrons. The van der Waals surface area contributed by atoms with E-state index in [0.717, 1.165) is 44.0 Å². The highest BCUT2D eigenvalue weighted by Crippen LogP contribution is 2.26. The van der Waals surface area contributed by atoms with Gasteiger partial charge < -0.3 is 10.7 Å². The van der Waals surface area contributed by atoms with Gasteiger partial charge in [0.2, 0.25) is 0 Å². The summed E-state index contributed by atoms with van der Waals surface area (Å²) in [4.78, 5) is 12.5. The van der Waals surface area contributed by atoms with E-state index in [0.29, 0.717) is 6.54 Å². The molecule has 1 aromatic carbocycles. The van der Waals surface area contributed by atoms with Gasteiger partial charge in [-0.3, -0.25) is 0 Å². The van der Waals surface area contributed by atoms with Crippen LogP contribution in [0.1, 0.15) is 10.6 Å². The average Bonchev–Trinajstić information content (AvgIpc) is 2.95. The van der Waals surface area contributed by atoms with E-state index in [1.807, 2.05) is 11.4 Å². The lowest BCUT2D eigenvalue weighted by Gasteiger charge is -1.94. The van der Waals surface area contributed by atoms with Crippen molar-refractivity contribution in [1.82, 2.24) is 15.0 Å². The molecule has 0 aliphatic rings. The van der Waals surface area contributed by atoms with Crippen LogP contribution in [0.4, 0.5) is 0 Å². The summed E-state index contributed by atoms with van der Waals surface area (Å²) in [6.45, 7) is 2.68. The van der Waals surface area contributed by atoms with Crippen LogP contribution in [0.5, 0.6) is 0 Å². The molecular formula is C13H13BrN4S. The Kier molecular flexibility index (Phi) is 3.38. The van der Waals surface area contributed by atoms with Crippen LogP contribution in [0.2, 0.25) is 0 Å². The van der Waals surface area contributed by atoms with Crippen LogP contribution in [0, 0.1) is 6.92 Å². The molecule has 0 unspecified atom stereocenters. The Morgan fingerprint density at radius 2 is 2.21 bits per heavy atom. The molecule has 0 aliphatic carbocycles. The molecule has 0 fully saturated rings. The number of rotatable bonds is 3. The Morgan fingerprint density at radius 1 is 1.37 bits per heavy atom. The van der Waals surface area contributed by atoms with Crippen molar-refractivity contribution in [2.45, 2.75) is 13.3 Å². The van der Waals surface area contributed by atoms with Crippen molar-refractivity contribution in [1.29, 1.82) is 0 Å². The van der Waals surface area contributed by atoms with Gasteiger partial charge >= 0.3 is 0 Å². The van der Waals surface area contributed by atoms with Gasteiger partial charge in [0.15, 0.2) is 5.82 Å². The van der Waals surface area contributed by atoms with Gasteiger partial charge in [0.25, 0.3) is 0 Å². The van der Waals surface area contributed by atoms with Gasteiger partial charge in [-0.05, 0) is 31.2 Å². The maximum Gasteiger partial charge on any atom is 0.158 e. The monoisotopic (exact) mass is 336 g/mol. The fourth-order valence-electron chi connectivity index (χ4n) is 2.03. The molecule has 0 bridgehead atoms. The number of aromatic amines is 1. The van der Waals surface area contributed by atoms with Gasteiger partial charge in [-0.25, -0.2) is 9.97 Å². The van der Waals surface area contributed by atoms with Crippen molar-refractivity contribution in [3.8, 4) is 11.5 Å². The Morgan fingerprint density at radius 3 is 3.00 bits per heavy atom. The van der Waals surface area contributed by atoms with Crippen LogP contribution in [-0.4, -0.2) is 21.5 Å². The second-order valence-electron chi connectivity index (χ2n) is 4.37. The second-order valence-corrected chi connectivity index (χ2v) is 6.23. The van der Waals surface area contributed by atoms with Crippen molar-refractivity contribution in [2.24, 2.45) is 5.73 Å². The van der Waals surface area contributed by atoms with E-state index >= 15 is 0 Å². The lowest BCUT2D eigenvalue weighted by atomic mass is 10.2. The van der Waals surface area contributed by atoms with E-state index in [9.17, 15) is 0 Å². The summed E-state index contributed by atoms with van der Waals surface area (Å²) in [5.41, 5.74) is 9.59. The highest BCUT2D eigenvalue weighted by atomic mass is 79.9. The van der Waals surface area contributed by atoms with Crippen LogP contribution < -0.4 is 5.73 Å². The van der Waals surface area contributed by atoms with Crippen molar-refractivity contribution in [3.05, 3.63) is 32.6 Å². The molecule has 98 valence electrons. The summed E-state index contributed by atoms with van der Waals surface area (Å²) in [6.07, 6.45) is 0.815. The standard InChI is InChI=1S/C13H13BrN4S/c1-7-4-8(14)5-9-12(7)18-13(17-9)10-6-19-11(16-10)2-3-15/h4-6H,2-3,15H2,1H3,(H,17,18). The van der Waals surface area contributed by atoms with Crippen molar-refractivity contribution < 1.29 is 0 Å². The number of nitrogens with one attached hydrogen (secondary N) is 1. The maximum atomic E-state index is 5.54. The fourth-order valence-corrected chi connectivity index (χ4v) is 3.40. The van der Waals surface area contributed by atoms with Crippen LogP contribution >= 0.6 is 27.3 Å². The average molecular weight is 337 g/mol. The zero-order valence-electron chi connectivity index (χ0n) is 10.4. The first-order valence-corrected chi connectivity index (χ1v) is 7.65. The van der Waals surface area contributed by atoms with E-state index < -0.39 is 0 Å². The van der Waals surface area contributed by atoms with E-state index in [-0.39, 0.29) is 0 Å². The number of hydrogen-bond donors (Lipinski definition) is 2. The number of fused-ring (bicyclic) bond motifs is 1. The number of nitrogens with zero attached hydrogens (tertiary/aromatic N) is 2. The molecule has 0 saturated heterocycles. The van der Waals surface area contributed by atoms with Crippen molar-refractivity contribution in [2.75, 3.05) is 6.54 Å². The first kappa shape index (κ1) is 12.8. The summed E-state index contributed by atoms with van der Waals surface area (Å²) in [5.74, 6) is 0.815. The summed E-state index contributed by atoms with van der Waals surface area (Å²) < 4.78 is 1.05. The van der Waals surface area contributed by atoms with Crippen LogP contribution in [0.3, 0.4) is 0 Å². The molecular weight excluding hydrogens is 324 g/mol. The molecule has 6 heteroatoms. The molecule has 2 heterocycles. The smallest absolute Gasteiger partial charge is 0.158 e. The summed E-state index contributed by atoms with van der Waals surface area (Å²) in [6, 6.07) is 4.10. The van der Waals surface area contributed by atoms with Gasteiger partial charge in [-0.15, -0.1) is 11.3 Å². The number of halogens is 1. The lowest BCUT2D eigenvalue weighted by Crippen LogP contribution is -2.02. The van der Waals surface area contributed by atoms with Gasteiger partial charge in [0, 0.05) is 16.3 Å². The molecule has 0 saturated carbocycles. The number of H-pyrrole nitrogens is 1. The molecule has 0 amide bonds. The molecule has 2 aromatic heterocycles. The Hall–Kier alpha value is -1.24. The predicted octanol–water partition coefficient (Wildman–Crippen LogP) is 3.26. The number of aromatic nitrogens is 3. The van der Waals surface area contributed by atoms with Gasteiger partial charge in [0.05, 0.1) is 16.0 Å². The fraction of sp³-hybridized carbons (Fsp3) is 0.231. The van der Waals surface area contributed by atoms with E-state index in [1.54, 1.807) is 11.3 Å². The molecule has 0 spiro atoms. The zero-order chi connectivity index (χ0) is 13.4. The summed E-state index contributed by atoms with van der Waals surface area (Å²) >= 11 is 5.12. The van der Waals surface area contributed by atoms with Crippen molar-refractivity contribution in [3.63, 3.8) is 0 Å². The molecule has 3 aromatic rings. The Labute approximate surface area is 123 Å². The highest BCUT2D eigenvalue weighted by molar-refractivity contribution is 9.10. The van der Waals surface area contributed by atoms with Crippen molar-refractivity contribution >= 4 is 38.3 Å². The number of imidazole rings is 1. The minimum absolute atomic E-state index is 0.624. The van der Waals surface area contributed by atoms with Gasteiger partial charge in [0.1, 0.15) is 5.69 Å². The molecule has 4 nitrogen and oxygen atoms in total. The highest BCUT2D eigenvalue weighted by Gasteiger charge is 2.11. The molecule has 3 N–H and O–H groups in total. The summed E-state index contributed by atoms with van der Waals surface area (Å²) in [7, 11) is 0.